The molecule has 0 bridgehead atoms. The number of hydrogen-bond donors (Lipinski definition) is 2. The number of carbonyl (C=O) groups is 1. The molecule has 0 heterocycles. The third-order valence-electron chi connectivity index (χ3n) is 0.964. The van der Waals surface area contributed by atoms with Crippen LogP contribution in [0, 0.1) is 0 Å². The summed E-state index contributed by atoms with van der Waals surface area (Å²) >= 11 is 0. The average Bonchev–Trinajstić information content (AvgIpc) is 1.80. The second-order valence-electron chi connectivity index (χ2n) is 1.94. The molecule has 0 saturated carbocycles. The molecule has 0 aromatic rings. The fraction of sp³-hybridized carbons (Fsp3) is 0.400. The maximum absolute atomic E-state index is 10.1. The van der Waals surface area contributed by atoms with E-state index in [2.05, 4.69) is 6.58 Å². The van der Waals surface area contributed by atoms with E-state index in [4.69, 9.17) is 9.66 Å². The van der Waals surface area contributed by atoms with E-state index in [9.17, 15) is 13.2 Å². The number of aliphatic carboxylic acids is 1. The predicted molar refractivity (Wildman–Crippen MR) is 45.0 cm³/mol. The molecule has 0 radical (unpaired) electrons. The quantitative estimate of drug-likeness (QED) is 0.357. The molecule has 0 atom stereocenters. The first kappa shape index (κ1) is 14.6. The Balaban J connectivity index is 0. The molecule has 5 nitrogen and oxygen atoms in total. The van der Waals surface area contributed by atoms with Crippen LogP contribution in [0.5, 0.6) is 0 Å². The summed E-state index contributed by atoms with van der Waals surface area (Å²) in [6.45, 7) is 3.08. The van der Waals surface area contributed by atoms with Crippen LogP contribution < -0.4 is 0 Å². The summed E-state index contributed by atoms with van der Waals surface area (Å²) < 4.78 is 28.3. The monoisotopic (exact) mass is 204 g/mol. The Morgan fingerprint density at radius 3 is 2.08 bits per heavy atom. The van der Waals surface area contributed by atoms with Crippen LogP contribution in [0.4, 0.5) is 0 Å². The average molecular weight is 204 g/mol. The zero-order chi connectivity index (χ0) is 9.07. The van der Waals surface area contributed by atoms with E-state index in [-0.39, 0.29) is 41.6 Å². The van der Waals surface area contributed by atoms with Gasteiger partial charge < -0.3 is 5.11 Å². The van der Waals surface area contributed by atoms with Crippen LogP contribution >= 0.6 is 0 Å². The molecule has 0 aliphatic carbocycles. The first-order chi connectivity index (χ1) is 4.83. The van der Waals surface area contributed by atoms with Gasteiger partial charge in [0.15, 0.2) is 0 Å². The molecular weight excluding hydrogens is 195 g/mol. The fourth-order valence-corrected chi connectivity index (χ4v) is 0.863. The van der Waals surface area contributed by atoms with Crippen molar-refractivity contribution in [3.05, 3.63) is 12.2 Å². The summed E-state index contributed by atoms with van der Waals surface area (Å²) in [5.41, 5.74) is -0.234. The van der Waals surface area contributed by atoms with Gasteiger partial charge in [-0.25, -0.2) is 4.79 Å². The van der Waals surface area contributed by atoms with E-state index in [0.29, 0.717) is 0 Å². The van der Waals surface area contributed by atoms with E-state index in [1.54, 1.807) is 0 Å². The molecule has 0 aliphatic rings. The maximum atomic E-state index is 10.1. The van der Waals surface area contributed by atoms with Crippen LogP contribution in [0.15, 0.2) is 12.2 Å². The van der Waals surface area contributed by atoms with Gasteiger partial charge in [0, 0.05) is 5.57 Å². The van der Waals surface area contributed by atoms with Crippen molar-refractivity contribution >= 4 is 45.6 Å². The Morgan fingerprint density at radius 1 is 1.42 bits per heavy atom. The zero-order valence-electron chi connectivity index (χ0n) is 5.65. The van der Waals surface area contributed by atoms with Crippen LogP contribution in [0.3, 0.4) is 0 Å². The third kappa shape index (κ3) is 8.22. The van der Waals surface area contributed by atoms with E-state index in [0.717, 1.165) is 0 Å². The van der Waals surface area contributed by atoms with Crippen molar-refractivity contribution in [1.29, 1.82) is 0 Å². The van der Waals surface area contributed by atoms with Crippen molar-refractivity contribution < 1.29 is 22.9 Å². The standard InChI is InChI=1S/C5H8O5S.Na.H/c1-4(5(6)7)2-3-11(8,9)10;;/h1-3H2,(H,6,7)(H,8,9,10);;. The molecule has 0 saturated heterocycles. The van der Waals surface area contributed by atoms with Crippen LogP contribution in [0.2, 0.25) is 0 Å². The normalized spacial score (nSPS) is 10.1. The topological polar surface area (TPSA) is 91.7 Å². The first-order valence-electron chi connectivity index (χ1n) is 2.69. The SMILES string of the molecule is C=C(CCS(=O)(=O)O)C(=O)O.[NaH]. The number of rotatable bonds is 4. The van der Waals surface area contributed by atoms with Crippen LogP contribution in [-0.2, 0) is 14.9 Å². The molecule has 66 valence electrons. The number of hydrogen-bond acceptors (Lipinski definition) is 3. The number of carboxylic acids is 1. The Hall–Kier alpha value is 0.120. The van der Waals surface area contributed by atoms with E-state index >= 15 is 0 Å². The summed E-state index contributed by atoms with van der Waals surface area (Å²) in [7, 11) is -4.08. The molecule has 0 aromatic heterocycles. The minimum atomic E-state index is -4.08. The van der Waals surface area contributed by atoms with Gasteiger partial charge in [-0.3, -0.25) is 4.55 Å². The molecule has 0 aromatic carbocycles. The second kappa shape index (κ2) is 5.71. The van der Waals surface area contributed by atoms with Crippen molar-refractivity contribution in [1.82, 2.24) is 0 Å². The predicted octanol–water partition coefficient (Wildman–Crippen LogP) is -0.743. The van der Waals surface area contributed by atoms with E-state index in [1.165, 1.54) is 0 Å². The molecular formula is C5H9NaO5S. The van der Waals surface area contributed by atoms with Crippen LogP contribution in [0.1, 0.15) is 6.42 Å². The minimum absolute atomic E-state index is 0. The van der Waals surface area contributed by atoms with Gasteiger partial charge in [-0.1, -0.05) is 6.58 Å². The summed E-state index contributed by atoms with van der Waals surface area (Å²) in [4.78, 5) is 10.0. The van der Waals surface area contributed by atoms with Gasteiger partial charge in [-0.2, -0.15) is 8.42 Å². The summed E-state index contributed by atoms with van der Waals surface area (Å²) in [6, 6.07) is 0. The van der Waals surface area contributed by atoms with Crippen molar-refractivity contribution in [3.8, 4) is 0 Å². The Kier molecular flexibility index (Phi) is 6.97. The molecule has 0 rings (SSSR count). The van der Waals surface area contributed by atoms with Gasteiger partial charge >= 0.3 is 35.5 Å². The molecule has 7 heteroatoms. The first-order valence-corrected chi connectivity index (χ1v) is 4.30. The molecule has 0 aliphatic heterocycles. The van der Waals surface area contributed by atoms with Crippen molar-refractivity contribution in [2.24, 2.45) is 0 Å². The van der Waals surface area contributed by atoms with Crippen LogP contribution in [-0.4, -0.2) is 59.4 Å². The van der Waals surface area contributed by atoms with Gasteiger partial charge in [-0.05, 0) is 6.42 Å². The molecule has 0 amide bonds. The summed E-state index contributed by atoms with van der Waals surface area (Å²) in [5, 5.41) is 8.20. The summed E-state index contributed by atoms with van der Waals surface area (Å²) in [6.07, 6.45) is -0.256. The van der Waals surface area contributed by atoms with Crippen LogP contribution in [0.25, 0.3) is 0 Å². The van der Waals surface area contributed by atoms with Gasteiger partial charge in [0.25, 0.3) is 10.1 Å². The number of carboxylic acid groups (broad SMARTS) is 1. The van der Waals surface area contributed by atoms with Gasteiger partial charge in [0.2, 0.25) is 0 Å². The second-order valence-corrected chi connectivity index (χ2v) is 3.52. The fourth-order valence-electron chi connectivity index (χ4n) is 0.359. The van der Waals surface area contributed by atoms with E-state index < -0.39 is 21.8 Å². The molecule has 0 spiro atoms. The third-order valence-corrected chi connectivity index (χ3v) is 1.68. The zero-order valence-corrected chi connectivity index (χ0v) is 6.47. The van der Waals surface area contributed by atoms with Gasteiger partial charge in [0.05, 0.1) is 5.75 Å². The van der Waals surface area contributed by atoms with Crippen molar-refractivity contribution in [2.75, 3.05) is 5.75 Å². The molecule has 2 N–H and O–H groups in total. The Bertz CT molecular complexity index is 268. The van der Waals surface area contributed by atoms with Crippen molar-refractivity contribution in [3.63, 3.8) is 0 Å². The van der Waals surface area contributed by atoms with Gasteiger partial charge in [0.1, 0.15) is 0 Å². The van der Waals surface area contributed by atoms with Gasteiger partial charge in [-0.15, -0.1) is 0 Å². The van der Waals surface area contributed by atoms with Crippen molar-refractivity contribution in [2.45, 2.75) is 6.42 Å². The van der Waals surface area contributed by atoms with E-state index in [1.807, 2.05) is 0 Å². The molecule has 0 fully saturated rings. The Morgan fingerprint density at radius 2 is 1.83 bits per heavy atom. The Labute approximate surface area is 92.5 Å². The molecule has 0 unspecified atom stereocenters. The molecule has 12 heavy (non-hydrogen) atoms. The summed E-state index contributed by atoms with van der Waals surface area (Å²) in [5.74, 6) is -1.85.